The van der Waals surface area contributed by atoms with Crippen LogP contribution in [0.3, 0.4) is 0 Å². The summed E-state index contributed by atoms with van der Waals surface area (Å²) in [5.41, 5.74) is 1.31. The Balaban J connectivity index is 1.68. The van der Waals surface area contributed by atoms with E-state index in [2.05, 4.69) is 5.32 Å². The van der Waals surface area contributed by atoms with Crippen LogP contribution < -0.4 is 10.1 Å². The van der Waals surface area contributed by atoms with Crippen molar-refractivity contribution in [3.63, 3.8) is 0 Å². The highest BCUT2D eigenvalue weighted by molar-refractivity contribution is 7.89. The first-order valence-electron chi connectivity index (χ1n) is 9.22. The maximum absolute atomic E-state index is 12.8. The maximum atomic E-state index is 12.8. The molecule has 0 spiro atoms. The number of piperidine rings is 1. The van der Waals surface area contributed by atoms with E-state index in [1.54, 1.807) is 31.4 Å². The Bertz CT molecular complexity index is 947. The van der Waals surface area contributed by atoms with Crippen LogP contribution in [0.15, 0.2) is 59.5 Å². The summed E-state index contributed by atoms with van der Waals surface area (Å²) in [6.07, 6.45) is 5.91. The van der Waals surface area contributed by atoms with Crippen LogP contribution in [-0.2, 0) is 14.8 Å². The highest BCUT2D eigenvalue weighted by Gasteiger charge is 2.26. The fourth-order valence-electron chi connectivity index (χ4n) is 3.06. The minimum Gasteiger partial charge on any atom is -0.497 e. The molecule has 6 nitrogen and oxygen atoms in total. The van der Waals surface area contributed by atoms with Crippen molar-refractivity contribution >= 4 is 27.7 Å². The van der Waals surface area contributed by atoms with E-state index in [0.29, 0.717) is 18.8 Å². The number of hydrogen-bond acceptors (Lipinski definition) is 4. The van der Waals surface area contributed by atoms with E-state index < -0.39 is 10.0 Å². The predicted octanol–water partition coefficient (Wildman–Crippen LogP) is 3.52. The lowest BCUT2D eigenvalue weighted by Crippen LogP contribution is -2.35. The summed E-state index contributed by atoms with van der Waals surface area (Å²) < 4.78 is 32.2. The summed E-state index contributed by atoms with van der Waals surface area (Å²) in [7, 11) is -1.93. The summed E-state index contributed by atoms with van der Waals surface area (Å²) in [6.45, 7) is 1.09. The van der Waals surface area contributed by atoms with Crippen molar-refractivity contribution in [2.45, 2.75) is 24.2 Å². The minimum absolute atomic E-state index is 0.200. The van der Waals surface area contributed by atoms with Crippen LogP contribution in [-0.4, -0.2) is 38.8 Å². The van der Waals surface area contributed by atoms with Gasteiger partial charge in [0.1, 0.15) is 5.75 Å². The van der Waals surface area contributed by atoms with Crippen LogP contribution in [0, 0.1) is 0 Å². The van der Waals surface area contributed by atoms with Gasteiger partial charge in [-0.3, -0.25) is 4.79 Å². The summed E-state index contributed by atoms with van der Waals surface area (Å²) in [4.78, 5) is 12.4. The van der Waals surface area contributed by atoms with Gasteiger partial charge >= 0.3 is 0 Å². The lowest BCUT2D eigenvalue weighted by molar-refractivity contribution is -0.111. The van der Waals surface area contributed by atoms with Gasteiger partial charge in [-0.15, -0.1) is 0 Å². The first-order valence-corrected chi connectivity index (χ1v) is 10.7. The molecular formula is C21H24N2O4S. The number of sulfonamides is 1. The lowest BCUT2D eigenvalue weighted by atomic mass is 10.2. The monoisotopic (exact) mass is 400 g/mol. The van der Waals surface area contributed by atoms with E-state index in [1.807, 2.05) is 24.3 Å². The Labute approximate surface area is 165 Å². The fourth-order valence-corrected chi connectivity index (χ4v) is 4.62. The topological polar surface area (TPSA) is 75.7 Å². The molecule has 0 unspecified atom stereocenters. The van der Waals surface area contributed by atoms with E-state index in [9.17, 15) is 13.2 Å². The van der Waals surface area contributed by atoms with Gasteiger partial charge in [0.15, 0.2) is 0 Å². The van der Waals surface area contributed by atoms with Crippen molar-refractivity contribution in [1.29, 1.82) is 0 Å². The molecule has 1 aliphatic heterocycles. The van der Waals surface area contributed by atoms with Crippen LogP contribution in [0.1, 0.15) is 24.8 Å². The molecule has 28 heavy (non-hydrogen) atoms. The normalized spacial score (nSPS) is 15.5. The number of nitrogens with zero attached hydrogens (tertiary/aromatic N) is 1. The number of ether oxygens (including phenoxy) is 1. The van der Waals surface area contributed by atoms with Gasteiger partial charge in [0.25, 0.3) is 0 Å². The Morgan fingerprint density at radius 3 is 2.46 bits per heavy atom. The summed E-state index contributed by atoms with van der Waals surface area (Å²) in [6, 6.07) is 13.7. The average molecular weight is 401 g/mol. The van der Waals surface area contributed by atoms with E-state index >= 15 is 0 Å². The van der Waals surface area contributed by atoms with Gasteiger partial charge < -0.3 is 10.1 Å². The van der Waals surface area contributed by atoms with Gasteiger partial charge in [-0.1, -0.05) is 24.6 Å². The van der Waals surface area contributed by atoms with Crippen molar-refractivity contribution in [1.82, 2.24) is 4.31 Å². The molecular weight excluding hydrogens is 376 g/mol. The van der Waals surface area contributed by atoms with Crippen molar-refractivity contribution < 1.29 is 17.9 Å². The van der Waals surface area contributed by atoms with E-state index in [4.69, 9.17) is 4.74 Å². The smallest absolute Gasteiger partial charge is 0.248 e. The average Bonchev–Trinajstić information content (AvgIpc) is 2.73. The number of benzene rings is 2. The van der Waals surface area contributed by atoms with Gasteiger partial charge in [-0.25, -0.2) is 8.42 Å². The number of nitrogens with one attached hydrogen (secondary N) is 1. The highest BCUT2D eigenvalue weighted by Crippen LogP contribution is 2.23. The Morgan fingerprint density at radius 2 is 1.79 bits per heavy atom. The summed E-state index contributed by atoms with van der Waals surface area (Å²) in [5.74, 6) is 0.414. The van der Waals surface area contributed by atoms with Crippen LogP contribution >= 0.6 is 0 Å². The Kier molecular flexibility index (Phi) is 6.49. The number of rotatable bonds is 6. The van der Waals surface area contributed by atoms with Crippen LogP contribution in [0.2, 0.25) is 0 Å². The Morgan fingerprint density at radius 1 is 1.07 bits per heavy atom. The van der Waals surface area contributed by atoms with Gasteiger partial charge in [0, 0.05) is 24.9 Å². The van der Waals surface area contributed by atoms with E-state index in [1.165, 1.54) is 16.4 Å². The molecule has 2 aromatic rings. The van der Waals surface area contributed by atoms with Crippen LogP contribution in [0.5, 0.6) is 5.75 Å². The number of carbonyl (C=O) groups is 1. The van der Waals surface area contributed by atoms with E-state index in [-0.39, 0.29) is 10.8 Å². The lowest BCUT2D eigenvalue weighted by Gasteiger charge is -2.26. The van der Waals surface area contributed by atoms with Crippen molar-refractivity contribution in [3.05, 3.63) is 60.2 Å². The second-order valence-electron chi connectivity index (χ2n) is 6.59. The van der Waals surface area contributed by atoms with Crippen molar-refractivity contribution in [2.24, 2.45) is 0 Å². The third-order valence-electron chi connectivity index (χ3n) is 4.60. The SMILES string of the molecule is COc1ccc(C=CC(=O)Nc2cccc(S(=O)(=O)N3CCCCC3)c2)cc1. The van der Waals surface area contributed by atoms with Crippen molar-refractivity contribution in [2.75, 3.05) is 25.5 Å². The zero-order valence-electron chi connectivity index (χ0n) is 15.8. The zero-order valence-corrected chi connectivity index (χ0v) is 16.6. The first-order chi connectivity index (χ1) is 13.5. The molecule has 1 heterocycles. The third kappa shape index (κ3) is 4.99. The van der Waals surface area contributed by atoms with Gasteiger partial charge in [0.2, 0.25) is 15.9 Å². The third-order valence-corrected chi connectivity index (χ3v) is 6.49. The first kappa shape index (κ1) is 20.1. The Hall–Kier alpha value is -2.64. The highest BCUT2D eigenvalue weighted by atomic mass is 32.2. The second kappa shape index (κ2) is 9.03. The predicted molar refractivity (Wildman–Crippen MR) is 110 cm³/mol. The molecule has 0 bridgehead atoms. The number of hydrogen-bond donors (Lipinski definition) is 1. The molecule has 148 valence electrons. The van der Waals surface area contributed by atoms with Crippen LogP contribution in [0.25, 0.3) is 6.08 Å². The summed E-state index contributed by atoms with van der Waals surface area (Å²) >= 11 is 0. The molecule has 0 aliphatic carbocycles. The molecule has 7 heteroatoms. The zero-order chi connectivity index (χ0) is 20.0. The maximum Gasteiger partial charge on any atom is 0.248 e. The molecule has 2 aromatic carbocycles. The second-order valence-corrected chi connectivity index (χ2v) is 8.53. The molecule has 1 saturated heterocycles. The summed E-state index contributed by atoms with van der Waals surface area (Å²) in [5, 5.41) is 2.72. The molecule has 3 rings (SSSR count). The largest absolute Gasteiger partial charge is 0.497 e. The number of methoxy groups -OCH3 is 1. The van der Waals surface area contributed by atoms with E-state index in [0.717, 1.165) is 30.6 Å². The van der Waals surface area contributed by atoms with Gasteiger partial charge in [-0.2, -0.15) is 4.31 Å². The molecule has 1 amide bonds. The molecule has 1 N–H and O–H groups in total. The number of carbonyl (C=O) groups excluding carboxylic acids is 1. The molecule has 0 aromatic heterocycles. The van der Waals surface area contributed by atoms with Crippen LogP contribution in [0.4, 0.5) is 5.69 Å². The molecule has 0 radical (unpaired) electrons. The minimum atomic E-state index is -3.53. The van der Waals surface area contributed by atoms with Gasteiger partial charge in [-0.05, 0) is 54.8 Å². The van der Waals surface area contributed by atoms with Gasteiger partial charge in [0.05, 0.1) is 12.0 Å². The number of anilines is 1. The molecule has 0 saturated carbocycles. The van der Waals surface area contributed by atoms with Crippen molar-refractivity contribution in [3.8, 4) is 5.75 Å². The molecule has 1 aliphatic rings. The quantitative estimate of drug-likeness (QED) is 0.753. The fraction of sp³-hybridized carbons (Fsp3) is 0.286. The number of amides is 1. The molecule has 1 fully saturated rings. The standard InChI is InChI=1S/C21H24N2O4S/c1-27-19-11-8-17(9-12-19)10-13-21(24)22-18-6-5-7-20(16-18)28(25,26)23-14-3-2-4-15-23/h5-13,16H,2-4,14-15H2,1H3,(H,22,24). The molecule has 0 atom stereocenters.